The average Bonchev–Trinajstić information content (AvgIpc) is 2.42. The zero-order valence-electron chi connectivity index (χ0n) is 10.8. The summed E-state index contributed by atoms with van der Waals surface area (Å²) in [7, 11) is 0. The van der Waals surface area contributed by atoms with Crippen LogP contribution in [0.3, 0.4) is 0 Å². The Morgan fingerprint density at radius 2 is 1.60 bits per heavy atom. The number of alkyl halides is 1. The quantitative estimate of drug-likeness (QED) is 0.610. The maximum atomic E-state index is 13.2. The van der Waals surface area contributed by atoms with E-state index in [2.05, 4.69) is 0 Å². The van der Waals surface area contributed by atoms with Crippen LogP contribution in [0.5, 0.6) is 0 Å². The lowest BCUT2D eigenvalue weighted by Gasteiger charge is -2.14. The van der Waals surface area contributed by atoms with E-state index in [1.54, 1.807) is 18.2 Å². The summed E-state index contributed by atoms with van der Waals surface area (Å²) >= 11 is 17.9. The van der Waals surface area contributed by atoms with Crippen molar-refractivity contribution in [2.45, 2.75) is 12.8 Å². The van der Waals surface area contributed by atoms with E-state index in [1.165, 1.54) is 6.07 Å². The fourth-order valence-corrected chi connectivity index (χ4v) is 2.72. The molecule has 0 aliphatic rings. The lowest BCUT2D eigenvalue weighted by atomic mass is 9.94. The molecular formula is C16H14Cl3F. The molecule has 2 aromatic carbocycles. The molecule has 106 valence electrons. The van der Waals surface area contributed by atoms with E-state index in [1.807, 2.05) is 18.2 Å². The van der Waals surface area contributed by atoms with E-state index in [4.69, 9.17) is 34.8 Å². The molecule has 0 saturated heterocycles. The van der Waals surface area contributed by atoms with Gasteiger partial charge >= 0.3 is 0 Å². The number of hydrogen-bond donors (Lipinski definition) is 0. The van der Waals surface area contributed by atoms with Gasteiger partial charge in [0.25, 0.3) is 0 Å². The molecule has 0 N–H and O–H groups in total. The molecule has 1 unspecified atom stereocenters. The zero-order chi connectivity index (χ0) is 14.5. The highest BCUT2D eigenvalue weighted by Gasteiger charge is 2.11. The van der Waals surface area contributed by atoms with Gasteiger partial charge in [0, 0.05) is 5.88 Å². The first-order valence-corrected chi connectivity index (χ1v) is 7.62. The largest absolute Gasteiger partial charge is 0.207 e. The van der Waals surface area contributed by atoms with Crippen LogP contribution in [0.25, 0.3) is 0 Å². The second kappa shape index (κ2) is 7.31. The summed E-state index contributed by atoms with van der Waals surface area (Å²) in [6, 6.07) is 12.2. The van der Waals surface area contributed by atoms with Crippen LogP contribution in [-0.4, -0.2) is 5.88 Å². The van der Waals surface area contributed by atoms with Crippen molar-refractivity contribution < 1.29 is 4.39 Å². The molecule has 0 bridgehead atoms. The topological polar surface area (TPSA) is 0 Å². The van der Waals surface area contributed by atoms with Crippen molar-refractivity contribution in [2.24, 2.45) is 5.92 Å². The van der Waals surface area contributed by atoms with E-state index in [0.717, 1.165) is 24.0 Å². The van der Waals surface area contributed by atoms with Crippen molar-refractivity contribution in [1.82, 2.24) is 0 Å². The third-order valence-corrected chi connectivity index (χ3v) is 4.32. The van der Waals surface area contributed by atoms with Gasteiger partial charge in [-0.05, 0) is 54.2 Å². The molecule has 0 radical (unpaired) electrons. The molecule has 0 heterocycles. The lowest BCUT2D eigenvalue weighted by Crippen LogP contribution is -2.10. The lowest BCUT2D eigenvalue weighted by molar-refractivity contribution is 0.576. The van der Waals surface area contributed by atoms with Gasteiger partial charge in [-0.2, -0.15) is 0 Å². The van der Waals surface area contributed by atoms with Gasteiger partial charge in [-0.15, -0.1) is 11.6 Å². The Kier molecular flexibility index (Phi) is 5.71. The Bertz CT molecular complexity index is 584. The molecule has 4 heteroatoms. The van der Waals surface area contributed by atoms with Crippen LogP contribution < -0.4 is 0 Å². The average molecular weight is 332 g/mol. The van der Waals surface area contributed by atoms with Gasteiger partial charge in [0.1, 0.15) is 5.82 Å². The van der Waals surface area contributed by atoms with Crippen LogP contribution in [0, 0.1) is 11.7 Å². The SMILES string of the molecule is Fc1cccc(CC(CCl)Cc2ccc(Cl)c(Cl)c2)c1. The summed E-state index contributed by atoms with van der Waals surface area (Å²) in [4.78, 5) is 0. The normalized spacial score (nSPS) is 12.4. The maximum Gasteiger partial charge on any atom is 0.123 e. The molecule has 0 fully saturated rings. The van der Waals surface area contributed by atoms with Crippen LogP contribution >= 0.6 is 34.8 Å². The smallest absolute Gasteiger partial charge is 0.123 e. The molecule has 0 aliphatic heterocycles. The first kappa shape index (κ1) is 15.6. The molecule has 2 rings (SSSR count). The van der Waals surface area contributed by atoms with Crippen molar-refractivity contribution in [2.75, 3.05) is 5.88 Å². The minimum absolute atomic E-state index is 0.217. The Hall–Kier alpha value is -0.760. The van der Waals surface area contributed by atoms with Gasteiger partial charge in [-0.25, -0.2) is 4.39 Å². The van der Waals surface area contributed by atoms with E-state index in [-0.39, 0.29) is 11.7 Å². The summed E-state index contributed by atoms with van der Waals surface area (Å²) in [6.45, 7) is 0. The molecule has 2 aromatic rings. The van der Waals surface area contributed by atoms with Crippen LogP contribution in [-0.2, 0) is 12.8 Å². The minimum atomic E-state index is -0.217. The second-order valence-electron chi connectivity index (χ2n) is 4.81. The summed E-state index contributed by atoms with van der Waals surface area (Å²) in [5.74, 6) is 0.526. The monoisotopic (exact) mass is 330 g/mol. The zero-order valence-corrected chi connectivity index (χ0v) is 13.0. The van der Waals surface area contributed by atoms with Crippen LogP contribution in [0.15, 0.2) is 42.5 Å². The van der Waals surface area contributed by atoms with Crippen molar-refractivity contribution in [3.8, 4) is 0 Å². The van der Waals surface area contributed by atoms with E-state index in [9.17, 15) is 4.39 Å². The molecule has 0 saturated carbocycles. The third kappa shape index (κ3) is 4.37. The fourth-order valence-electron chi connectivity index (χ4n) is 2.18. The van der Waals surface area contributed by atoms with Crippen molar-refractivity contribution in [3.05, 3.63) is 69.5 Å². The predicted molar refractivity (Wildman–Crippen MR) is 84.5 cm³/mol. The number of halogens is 4. The third-order valence-electron chi connectivity index (χ3n) is 3.14. The Morgan fingerprint density at radius 1 is 0.900 bits per heavy atom. The summed E-state index contributed by atoms with van der Waals surface area (Å²) in [5, 5.41) is 1.09. The molecule has 0 aliphatic carbocycles. The minimum Gasteiger partial charge on any atom is -0.207 e. The standard InChI is InChI=1S/C16H14Cl3F/c17-10-13(6-11-2-1-3-14(20)8-11)7-12-4-5-15(18)16(19)9-12/h1-5,8-9,13H,6-7,10H2. The number of rotatable bonds is 5. The summed E-state index contributed by atoms with van der Waals surface area (Å²) in [5.41, 5.74) is 2.04. The summed E-state index contributed by atoms with van der Waals surface area (Å²) in [6.07, 6.45) is 1.53. The van der Waals surface area contributed by atoms with Crippen LogP contribution in [0.2, 0.25) is 10.0 Å². The van der Waals surface area contributed by atoms with Gasteiger partial charge in [0.15, 0.2) is 0 Å². The fraction of sp³-hybridized carbons (Fsp3) is 0.250. The first-order chi connectivity index (χ1) is 9.58. The Labute approximate surface area is 133 Å². The second-order valence-corrected chi connectivity index (χ2v) is 5.93. The maximum absolute atomic E-state index is 13.2. The summed E-state index contributed by atoms with van der Waals surface area (Å²) < 4.78 is 13.2. The van der Waals surface area contributed by atoms with E-state index >= 15 is 0 Å². The van der Waals surface area contributed by atoms with Crippen LogP contribution in [0.1, 0.15) is 11.1 Å². The highest BCUT2D eigenvalue weighted by atomic mass is 35.5. The van der Waals surface area contributed by atoms with E-state index in [0.29, 0.717) is 15.9 Å². The van der Waals surface area contributed by atoms with Gasteiger partial charge in [-0.1, -0.05) is 41.4 Å². The van der Waals surface area contributed by atoms with Crippen molar-refractivity contribution >= 4 is 34.8 Å². The Balaban J connectivity index is 2.07. The van der Waals surface area contributed by atoms with Gasteiger partial charge < -0.3 is 0 Å². The van der Waals surface area contributed by atoms with Gasteiger partial charge in [-0.3, -0.25) is 0 Å². The number of hydrogen-bond acceptors (Lipinski definition) is 0. The molecule has 0 spiro atoms. The highest BCUT2D eigenvalue weighted by Crippen LogP contribution is 2.25. The first-order valence-electron chi connectivity index (χ1n) is 6.33. The molecular weight excluding hydrogens is 318 g/mol. The van der Waals surface area contributed by atoms with E-state index < -0.39 is 0 Å². The molecule has 0 aromatic heterocycles. The van der Waals surface area contributed by atoms with Crippen molar-refractivity contribution in [1.29, 1.82) is 0 Å². The highest BCUT2D eigenvalue weighted by molar-refractivity contribution is 6.42. The molecule has 1 atom stereocenters. The predicted octanol–water partition coefficient (Wildman–Crippen LogP) is 5.77. The van der Waals surface area contributed by atoms with Crippen molar-refractivity contribution in [3.63, 3.8) is 0 Å². The van der Waals surface area contributed by atoms with Gasteiger partial charge in [0.05, 0.1) is 10.0 Å². The molecule has 0 amide bonds. The van der Waals surface area contributed by atoms with Gasteiger partial charge in [0.2, 0.25) is 0 Å². The molecule has 20 heavy (non-hydrogen) atoms. The Morgan fingerprint density at radius 3 is 2.20 bits per heavy atom. The molecule has 0 nitrogen and oxygen atoms in total. The van der Waals surface area contributed by atoms with Crippen LogP contribution in [0.4, 0.5) is 4.39 Å². The number of benzene rings is 2.